The smallest absolute Gasteiger partial charge is 0.259 e. The Balaban J connectivity index is 0.000000176. The Labute approximate surface area is 222 Å². The molecule has 6 atom stereocenters. The number of aliphatic hydroxyl groups excluding tert-OH is 2. The first-order valence-corrected chi connectivity index (χ1v) is 11.5. The number of benzene rings is 2. The molecule has 4 aliphatic rings. The van der Waals surface area contributed by atoms with Gasteiger partial charge in [0, 0.05) is 6.08 Å². The van der Waals surface area contributed by atoms with Crippen molar-refractivity contribution >= 4 is 23.4 Å². The van der Waals surface area contributed by atoms with Gasteiger partial charge in [-0.15, -0.1) is 0 Å². The zero-order valence-corrected chi connectivity index (χ0v) is 19.5. The summed E-state index contributed by atoms with van der Waals surface area (Å²) in [5, 5.41) is 43.3. The Kier molecular flexibility index (Phi) is 7.65. The lowest BCUT2D eigenvalue weighted by atomic mass is 10.0. The number of phenolic OH excluding ortho intramolecular Hbond substituents is 2. The van der Waals surface area contributed by atoms with Crippen molar-refractivity contribution in [1.29, 1.82) is 0 Å². The van der Waals surface area contributed by atoms with E-state index in [0.29, 0.717) is 0 Å². The van der Waals surface area contributed by atoms with Crippen LogP contribution in [0.25, 0.3) is 0 Å². The molecule has 2 aliphatic carbocycles. The standard InChI is InChI=1S/2C13H11NO5.CH4/c2*15-8-4-2-1-3-6(8)13(18)14-7-5-9(16)11-12(19-11)10(7)17;/h1-5,10-12,15,17H,(H,14,18);1-5,9,11-12,15-16H,(H,14,18);1H4. The monoisotopic (exact) mass is 538 g/mol. The first-order valence-electron chi connectivity index (χ1n) is 11.5. The van der Waals surface area contributed by atoms with Crippen molar-refractivity contribution in [2.24, 2.45) is 0 Å². The summed E-state index contributed by atoms with van der Waals surface area (Å²) < 4.78 is 9.98. The molecule has 204 valence electrons. The zero-order valence-electron chi connectivity index (χ0n) is 19.5. The molecule has 2 amide bonds. The van der Waals surface area contributed by atoms with Gasteiger partial charge in [-0.1, -0.05) is 31.7 Å². The van der Waals surface area contributed by atoms with E-state index in [2.05, 4.69) is 10.6 Å². The van der Waals surface area contributed by atoms with Crippen LogP contribution in [0.5, 0.6) is 11.5 Å². The molecule has 0 radical (unpaired) electrons. The van der Waals surface area contributed by atoms with Crippen LogP contribution in [0.3, 0.4) is 0 Å². The Hall–Kier alpha value is -4.36. The first kappa shape index (κ1) is 27.7. The van der Waals surface area contributed by atoms with Gasteiger partial charge in [0.1, 0.15) is 42.0 Å². The molecule has 0 spiro atoms. The second-order valence-corrected chi connectivity index (χ2v) is 8.87. The number of carbonyl (C=O) groups excluding carboxylic acids is 4. The van der Waals surface area contributed by atoms with Crippen LogP contribution in [0.4, 0.5) is 0 Å². The fourth-order valence-corrected chi connectivity index (χ4v) is 4.12. The SMILES string of the molecule is C.O=C(NC1=CC(=O)C2OC2C1O)c1ccccc1O.O=C(NC1=CC(O)C2OC2C1=O)c1ccccc1O. The molecule has 0 saturated carbocycles. The fraction of sp³-hybridized carbons (Fsp3) is 0.259. The van der Waals surface area contributed by atoms with Crippen molar-refractivity contribution < 1.29 is 49.1 Å². The van der Waals surface area contributed by atoms with E-state index >= 15 is 0 Å². The second-order valence-electron chi connectivity index (χ2n) is 8.87. The molecule has 6 rings (SSSR count). The largest absolute Gasteiger partial charge is 0.507 e. The average Bonchev–Trinajstić information content (AvgIpc) is 3.80. The van der Waals surface area contributed by atoms with Crippen LogP contribution in [0.2, 0.25) is 0 Å². The van der Waals surface area contributed by atoms with E-state index < -0.39 is 48.4 Å². The van der Waals surface area contributed by atoms with Gasteiger partial charge in [0.25, 0.3) is 11.8 Å². The number of ketones is 2. The van der Waals surface area contributed by atoms with Crippen molar-refractivity contribution in [2.45, 2.75) is 44.1 Å². The van der Waals surface area contributed by atoms with Gasteiger partial charge < -0.3 is 40.5 Å². The van der Waals surface area contributed by atoms with Crippen molar-refractivity contribution in [3.8, 4) is 11.5 Å². The predicted molar refractivity (Wildman–Crippen MR) is 133 cm³/mol. The molecule has 0 aromatic heterocycles. The summed E-state index contributed by atoms with van der Waals surface area (Å²) in [7, 11) is 0. The topological polar surface area (TPSA) is 198 Å². The number of rotatable bonds is 4. The Bertz CT molecular complexity index is 1400. The van der Waals surface area contributed by atoms with Crippen molar-refractivity contribution in [3.63, 3.8) is 0 Å². The molecule has 12 heteroatoms. The van der Waals surface area contributed by atoms with Gasteiger partial charge in [-0.2, -0.15) is 0 Å². The molecule has 2 aliphatic heterocycles. The highest BCUT2D eigenvalue weighted by Gasteiger charge is 2.54. The van der Waals surface area contributed by atoms with Gasteiger partial charge in [-0.25, -0.2) is 0 Å². The van der Waals surface area contributed by atoms with E-state index in [1.165, 1.54) is 30.3 Å². The Morgan fingerprint density at radius 2 is 1.31 bits per heavy atom. The van der Waals surface area contributed by atoms with Crippen molar-refractivity contribution in [2.75, 3.05) is 0 Å². The highest BCUT2D eigenvalue weighted by Crippen LogP contribution is 2.34. The summed E-state index contributed by atoms with van der Waals surface area (Å²) >= 11 is 0. The molecule has 0 bridgehead atoms. The highest BCUT2D eigenvalue weighted by atomic mass is 16.6. The minimum atomic E-state index is -1.03. The number of epoxide rings is 2. The third-order valence-corrected chi connectivity index (χ3v) is 6.26. The van der Waals surface area contributed by atoms with Crippen LogP contribution >= 0.6 is 0 Å². The van der Waals surface area contributed by atoms with Crippen molar-refractivity contribution in [1.82, 2.24) is 10.6 Å². The molecule has 2 aromatic rings. The quantitative estimate of drug-likeness (QED) is 0.290. The van der Waals surface area contributed by atoms with Gasteiger partial charge in [0.2, 0.25) is 5.78 Å². The number of fused-ring (bicyclic) bond motifs is 2. The molecule has 6 N–H and O–H groups in total. The van der Waals surface area contributed by atoms with Crippen LogP contribution in [0, 0.1) is 0 Å². The minimum absolute atomic E-state index is 0. The van der Waals surface area contributed by atoms with Crippen LogP contribution in [0.15, 0.2) is 72.1 Å². The summed E-state index contributed by atoms with van der Waals surface area (Å²) in [5.41, 5.74) is 0.225. The summed E-state index contributed by atoms with van der Waals surface area (Å²) in [6.45, 7) is 0. The van der Waals surface area contributed by atoms with E-state index in [-0.39, 0.29) is 53.0 Å². The lowest BCUT2D eigenvalue weighted by molar-refractivity contribution is -0.117. The number of ether oxygens (including phenoxy) is 2. The van der Waals surface area contributed by atoms with E-state index in [1.807, 2.05) is 0 Å². The molecule has 6 unspecified atom stereocenters. The van der Waals surface area contributed by atoms with Crippen LogP contribution in [0.1, 0.15) is 28.1 Å². The summed E-state index contributed by atoms with van der Waals surface area (Å²) in [5.74, 6) is -2.18. The summed E-state index contributed by atoms with van der Waals surface area (Å²) in [6, 6.07) is 12.0. The number of hydrogen-bond acceptors (Lipinski definition) is 10. The van der Waals surface area contributed by atoms with Crippen LogP contribution in [-0.4, -0.2) is 80.4 Å². The fourth-order valence-electron chi connectivity index (χ4n) is 4.12. The maximum absolute atomic E-state index is 11.9. The van der Waals surface area contributed by atoms with Gasteiger partial charge >= 0.3 is 0 Å². The number of para-hydroxylation sites is 2. The van der Waals surface area contributed by atoms with Gasteiger partial charge in [-0.3, -0.25) is 19.2 Å². The van der Waals surface area contributed by atoms with E-state index in [4.69, 9.17) is 9.47 Å². The predicted octanol–water partition coefficient (Wildman–Crippen LogP) is 0.0699. The maximum Gasteiger partial charge on any atom is 0.259 e. The first-order chi connectivity index (χ1) is 18.2. The lowest BCUT2D eigenvalue weighted by Gasteiger charge is -2.17. The molecule has 2 aromatic carbocycles. The number of nitrogens with one attached hydrogen (secondary N) is 2. The molecular weight excluding hydrogens is 512 g/mol. The van der Waals surface area contributed by atoms with E-state index in [0.717, 1.165) is 6.08 Å². The van der Waals surface area contributed by atoms with E-state index in [9.17, 15) is 39.6 Å². The van der Waals surface area contributed by atoms with Gasteiger partial charge in [0.15, 0.2) is 11.9 Å². The summed E-state index contributed by atoms with van der Waals surface area (Å²) in [6.07, 6.45) is -1.82. The zero-order chi connectivity index (χ0) is 27.1. The van der Waals surface area contributed by atoms with Gasteiger partial charge in [-0.05, 0) is 30.3 Å². The molecule has 12 nitrogen and oxygen atoms in total. The van der Waals surface area contributed by atoms with Crippen LogP contribution < -0.4 is 10.6 Å². The third-order valence-electron chi connectivity index (χ3n) is 6.26. The lowest BCUT2D eigenvalue weighted by Crippen LogP contribution is -2.37. The maximum atomic E-state index is 11.9. The van der Waals surface area contributed by atoms with E-state index in [1.54, 1.807) is 24.3 Å². The number of phenols is 2. The number of hydrogen-bond donors (Lipinski definition) is 6. The molecular formula is C27H26N2O10. The Morgan fingerprint density at radius 3 is 1.90 bits per heavy atom. The molecule has 2 saturated heterocycles. The number of carbonyl (C=O) groups is 4. The number of amides is 2. The minimum Gasteiger partial charge on any atom is -0.507 e. The molecule has 39 heavy (non-hydrogen) atoms. The van der Waals surface area contributed by atoms with Crippen LogP contribution in [-0.2, 0) is 19.1 Å². The number of aliphatic hydroxyl groups is 2. The third kappa shape index (κ3) is 5.59. The molecule has 2 heterocycles. The summed E-state index contributed by atoms with van der Waals surface area (Å²) in [4.78, 5) is 47.1. The number of Topliss-reactive ketones (excluding diaryl/α,β-unsaturated/α-hetero) is 1. The molecule has 2 fully saturated rings. The number of aromatic hydroxyl groups is 2. The second kappa shape index (κ2) is 10.8. The highest BCUT2D eigenvalue weighted by molar-refractivity contribution is 6.08. The Morgan fingerprint density at radius 1 is 0.769 bits per heavy atom. The van der Waals surface area contributed by atoms with Gasteiger partial charge in [0.05, 0.1) is 22.5 Å². The average molecular weight is 539 g/mol. The van der Waals surface area contributed by atoms with Crippen molar-refractivity contribution in [3.05, 3.63) is 83.2 Å². The normalized spacial score (nSPS) is 27.6.